The molecule has 4 atom stereocenters. The molecule has 0 spiro atoms. The maximum atomic E-state index is 13.1. The molecule has 306 valence electrons. The zero-order valence-corrected chi connectivity index (χ0v) is 34.9. The number of carbonyl (C=O) groups is 3. The highest BCUT2D eigenvalue weighted by Gasteiger charge is 2.42. The summed E-state index contributed by atoms with van der Waals surface area (Å²) in [4.78, 5) is 45.9. The second kappa shape index (κ2) is 21.2. The van der Waals surface area contributed by atoms with Gasteiger partial charge in [0.05, 0.1) is 11.1 Å². The topological polar surface area (TPSA) is 134 Å². The van der Waals surface area contributed by atoms with Crippen molar-refractivity contribution in [3.63, 3.8) is 0 Å². The molecule has 0 radical (unpaired) electrons. The van der Waals surface area contributed by atoms with Crippen molar-refractivity contribution >= 4 is 18.1 Å². The Kier molecular flexibility index (Phi) is 16.7. The number of nitrogens with zero attached hydrogens (tertiary/aromatic N) is 2. The average Bonchev–Trinajstić information content (AvgIpc) is 3.16. The molecule has 0 fully saturated rings. The predicted octanol–water partition coefficient (Wildman–Crippen LogP) is 11.4. The molecule has 4 rings (SSSR count). The van der Waals surface area contributed by atoms with Crippen LogP contribution in [0.1, 0.15) is 155 Å². The van der Waals surface area contributed by atoms with Gasteiger partial charge in [0.2, 0.25) is 6.29 Å². The number of ether oxygens (including phenoxy) is 4. The number of pyridine rings is 2. The van der Waals surface area contributed by atoms with Crippen molar-refractivity contribution in [2.24, 2.45) is 23.7 Å². The van der Waals surface area contributed by atoms with Gasteiger partial charge in [-0.25, -0.2) is 14.4 Å². The van der Waals surface area contributed by atoms with Crippen molar-refractivity contribution in [1.82, 2.24) is 9.97 Å². The molecule has 3 heterocycles. The van der Waals surface area contributed by atoms with E-state index in [1.807, 2.05) is 20.8 Å². The molecule has 10 nitrogen and oxygen atoms in total. The summed E-state index contributed by atoms with van der Waals surface area (Å²) in [7, 11) is 0. The third-order valence-corrected chi connectivity index (χ3v) is 11.7. The van der Waals surface area contributed by atoms with Crippen LogP contribution in [0.4, 0.5) is 4.79 Å². The van der Waals surface area contributed by atoms with Crippen LogP contribution in [0.25, 0.3) is 0 Å². The molecule has 10 heteroatoms. The second-order valence-corrected chi connectivity index (χ2v) is 16.7. The van der Waals surface area contributed by atoms with Crippen molar-refractivity contribution < 1.29 is 38.4 Å². The first-order chi connectivity index (χ1) is 26.7. The predicted molar refractivity (Wildman–Crippen MR) is 217 cm³/mol. The number of hydrogen-bond acceptors (Lipinski definition) is 9. The lowest BCUT2D eigenvalue weighted by atomic mass is 9.74. The summed E-state index contributed by atoms with van der Waals surface area (Å²) >= 11 is 0. The van der Waals surface area contributed by atoms with Crippen molar-refractivity contribution in [3.8, 4) is 11.5 Å². The largest absolute Gasteiger partial charge is 0.511 e. The Morgan fingerprint density at radius 1 is 0.786 bits per heavy atom. The Balaban J connectivity index is 1.48. The highest BCUT2D eigenvalue weighted by atomic mass is 16.7. The Bertz CT molecular complexity index is 1680. The standard InChI is InChI=1S/C46H64N2O8/c1-30(2)15-9-16-31(3)17-10-18-32(4)19-12-24-46(8)38(27-39-35(7)41(55-45(51)52)33(5)34(6)42(39)56-46)22-11-23-40(53-43(49)36-20-13-25-47-28-36)54-44(50)37-21-14-26-48-29-37/h13-14,20-21,25-26,28-32,38,40H,9-12,15-19,22-24,27H2,1-8H3,(H,51,52). The normalized spacial score (nSPS) is 17.5. The highest BCUT2D eigenvalue weighted by molar-refractivity contribution is 5.90. The monoisotopic (exact) mass is 772 g/mol. The van der Waals surface area contributed by atoms with E-state index in [9.17, 15) is 19.5 Å². The van der Waals surface area contributed by atoms with Gasteiger partial charge in [-0.05, 0) is 119 Å². The number of fused-ring (bicyclic) bond motifs is 1. The maximum Gasteiger partial charge on any atom is 0.511 e. The average molecular weight is 773 g/mol. The fourth-order valence-corrected chi connectivity index (χ4v) is 8.02. The number of aromatic nitrogens is 2. The number of benzene rings is 1. The first-order valence-electron chi connectivity index (χ1n) is 20.6. The molecule has 0 saturated heterocycles. The van der Waals surface area contributed by atoms with Gasteiger partial charge in [-0.2, -0.15) is 0 Å². The number of esters is 2. The van der Waals surface area contributed by atoms with Crippen molar-refractivity contribution in [1.29, 1.82) is 0 Å². The fourth-order valence-electron chi connectivity index (χ4n) is 8.02. The van der Waals surface area contributed by atoms with Crippen molar-refractivity contribution in [2.45, 2.75) is 151 Å². The molecule has 1 N–H and O–H groups in total. The van der Waals surface area contributed by atoms with Crippen LogP contribution in [-0.2, 0) is 15.9 Å². The molecule has 2 aromatic heterocycles. The van der Waals surface area contributed by atoms with E-state index >= 15 is 0 Å². The van der Waals surface area contributed by atoms with Gasteiger partial charge >= 0.3 is 18.1 Å². The van der Waals surface area contributed by atoms with Gasteiger partial charge in [0.1, 0.15) is 17.1 Å². The number of rotatable bonds is 21. The van der Waals surface area contributed by atoms with Gasteiger partial charge < -0.3 is 24.1 Å². The third kappa shape index (κ3) is 12.8. The molecule has 0 aliphatic carbocycles. The van der Waals surface area contributed by atoms with Crippen LogP contribution >= 0.6 is 0 Å². The molecular formula is C46H64N2O8. The van der Waals surface area contributed by atoms with Crippen LogP contribution in [0.2, 0.25) is 0 Å². The zero-order valence-electron chi connectivity index (χ0n) is 34.9. The molecule has 1 aromatic carbocycles. The van der Waals surface area contributed by atoms with E-state index in [2.05, 4.69) is 44.6 Å². The first-order valence-corrected chi connectivity index (χ1v) is 20.6. The van der Waals surface area contributed by atoms with Gasteiger partial charge in [0.25, 0.3) is 0 Å². The van der Waals surface area contributed by atoms with Gasteiger partial charge in [-0.3, -0.25) is 9.97 Å². The van der Waals surface area contributed by atoms with Gasteiger partial charge in [-0.15, -0.1) is 0 Å². The summed E-state index contributed by atoms with van der Waals surface area (Å²) < 4.78 is 23.8. The first kappa shape index (κ1) is 44.2. The van der Waals surface area contributed by atoms with E-state index in [1.54, 1.807) is 36.7 Å². The lowest BCUT2D eigenvalue weighted by Crippen LogP contribution is -2.45. The molecule has 3 aromatic rings. The highest BCUT2D eigenvalue weighted by Crippen LogP contribution is 2.48. The summed E-state index contributed by atoms with van der Waals surface area (Å²) in [5.74, 6) is 2.09. The molecule has 4 unspecified atom stereocenters. The summed E-state index contributed by atoms with van der Waals surface area (Å²) in [6.45, 7) is 17.3. The second-order valence-electron chi connectivity index (χ2n) is 16.7. The SMILES string of the molecule is Cc1c(C)c2c(c(C)c1OC(=O)O)CC(CCCC(OC(=O)c1cccnc1)OC(=O)c1cccnc1)C(C)(CCCC(C)CCCC(C)CCCC(C)C)O2. The van der Waals surface area contributed by atoms with Crippen LogP contribution < -0.4 is 9.47 Å². The van der Waals surface area contributed by atoms with Crippen LogP contribution in [0.3, 0.4) is 0 Å². The van der Waals surface area contributed by atoms with Crippen molar-refractivity contribution in [3.05, 3.63) is 82.4 Å². The number of hydrogen-bond donors (Lipinski definition) is 1. The fraction of sp³-hybridized carbons (Fsp3) is 0.587. The summed E-state index contributed by atoms with van der Waals surface area (Å²) in [6.07, 6.45) is 16.3. The minimum atomic E-state index is -1.35. The molecule has 1 aliphatic heterocycles. The smallest absolute Gasteiger partial charge is 0.487 e. The summed E-state index contributed by atoms with van der Waals surface area (Å²) in [6, 6.07) is 6.49. The minimum Gasteiger partial charge on any atom is -0.487 e. The van der Waals surface area contributed by atoms with E-state index in [0.717, 1.165) is 59.1 Å². The number of carboxylic acid groups (broad SMARTS) is 1. The van der Waals surface area contributed by atoms with Gasteiger partial charge in [0.15, 0.2) is 0 Å². The Morgan fingerprint density at radius 2 is 1.34 bits per heavy atom. The molecule has 0 saturated carbocycles. The van der Waals surface area contributed by atoms with E-state index in [4.69, 9.17) is 18.9 Å². The van der Waals surface area contributed by atoms with Gasteiger partial charge in [-0.1, -0.05) is 72.6 Å². The minimum absolute atomic E-state index is 0.0409. The maximum absolute atomic E-state index is 13.1. The zero-order chi connectivity index (χ0) is 40.8. The quantitative estimate of drug-likeness (QED) is 0.0633. The molecule has 0 bridgehead atoms. The summed E-state index contributed by atoms with van der Waals surface area (Å²) in [5, 5.41) is 9.53. The Hall–Kier alpha value is -4.47. The lowest BCUT2D eigenvalue weighted by Gasteiger charge is -2.44. The van der Waals surface area contributed by atoms with E-state index in [0.29, 0.717) is 30.9 Å². The van der Waals surface area contributed by atoms with Gasteiger partial charge in [0, 0.05) is 42.7 Å². The Morgan fingerprint density at radius 3 is 1.86 bits per heavy atom. The summed E-state index contributed by atoms with van der Waals surface area (Å²) in [5.41, 5.74) is 3.35. The van der Waals surface area contributed by atoms with E-state index in [1.165, 1.54) is 50.9 Å². The number of carbonyl (C=O) groups excluding carboxylic acids is 2. The van der Waals surface area contributed by atoms with Crippen molar-refractivity contribution in [2.75, 3.05) is 0 Å². The lowest BCUT2D eigenvalue weighted by molar-refractivity contribution is -0.0857. The van der Waals surface area contributed by atoms with Crippen LogP contribution in [0.15, 0.2) is 49.1 Å². The third-order valence-electron chi connectivity index (χ3n) is 11.7. The van der Waals surface area contributed by atoms with Crippen LogP contribution in [0, 0.1) is 44.4 Å². The van der Waals surface area contributed by atoms with E-state index < -0.39 is 30.0 Å². The molecule has 0 amide bonds. The van der Waals surface area contributed by atoms with E-state index in [-0.39, 0.29) is 23.5 Å². The Labute approximate surface area is 334 Å². The molecule has 56 heavy (non-hydrogen) atoms. The van der Waals surface area contributed by atoms with Crippen LogP contribution in [-0.4, -0.2) is 45.1 Å². The molecular weight excluding hydrogens is 709 g/mol. The molecule has 1 aliphatic rings. The van der Waals surface area contributed by atoms with Crippen LogP contribution in [0.5, 0.6) is 11.5 Å².